The summed E-state index contributed by atoms with van der Waals surface area (Å²) < 4.78 is 5.20. The summed E-state index contributed by atoms with van der Waals surface area (Å²) >= 11 is 0. The number of likely N-dealkylation sites (tertiary alicyclic amines) is 1. The van der Waals surface area contributed by atoms with Crippen LogP contribution < -0.4 is 5.43 Å². The van der Waals surface area contributed by atoms with E-state index in [9.17, 15) is 24.6 Å². The van der Waals surface area contributed by atoms with Gasteiger partial charge in [-0.2, -0.15) is 5.10 Å². The molecule has 1 aliphatic heterocycles. The molecule has 9 heteroatoms. The number of aliphatic hydroxyl groups is 2. The van der Waals surface area contributed by atoms with Crippen molar-refractivity contribution < 1.29 is 29.3 Å². The second-order valence-electron chi connectivity index (χ2n) is 9.68. The smallest absolute Gasteiger partial charge is 0.428 e. The standard InChI is InChI=1S/C27H29N3O6/c31-21-13-20(28-29-27(35)36-15-17-9-5-2-6-10-17)18-11-12-19-23(22(18)24(21)32)26(34)30(25(19)33)14-16-7-3-1-4-8-16/h1-10,18-19,21-24,31-32H,11-15H2,(H,29,35)/b28-20-/t18-,19+,21-,22+,23-,24-/m1/s1. The number of carbonyl (C=O) groups excluding carboxylic acids is 3. The van der Waals surface area contributed by atoms with Crippen LogP contribution in [0.15, 0.2) is 65.8 Å². The van der Waals surface area contributed by atoms with Crippen LogP contribution in [0.5, 0.6) is 0 Å². The highest BCUT2D eigenvalue weighted by molar-refractivity contribution is 6.06. The van der Waals surface area contributed by atoms with Gasteiger partial charge in [0.1, 0.15) is 6.61 Å². The number of hydrogen-bond donors (Lipinski definition) is 3. The molecule has 0 spiro atoms. The molecule has 1 heterocycles. The average molecular weight is 492 g/mol. The third-order valence-electron chi connectivity index (χ3n) is 7.56. The topological polar surface area (TPSA) is 129 Å². The molecule has 1 saturated heterocycles. The maximum Gasteiger partial charge on any atom is 0.428 e. The van der Waals surface area contributed by atoms with Gasteiger partial charge in [0.15, 0.2) is 0 Å². The Kier molecular flexibility index (Phi) is 6.84. The number of carbonyl (C=O) groups is 3. The van der Waals surface area contributed by atoms with Crippen LogP contribution in [0.25, 0.3) is 0 Å². The second kappa shape index (κ2) is 10.2. The van der Waals surface area contributed by atoms with E-state index in [1.807, 2.05) is 60.7 Å². The van der Waals surface area contributed by atoms with Crippen molar-refractivity contribution in [3.8, 4) is 0 Å². The van der Waals surface area contributed by atoms with Crippen LogP contribution in [0, 0.1) is 23.7 Å². The second-order valence-corrected chi connectivity index (χ2v) is 9.68. The van der Waals surface area contributed by atoms with E-state index in [4.69, 9.17) is 4.74 Å². The van der Waals surface area contributed by atoms with E-state index in [-0.39, 0.29) is 37.3 Å². The fraction of sp³-hybridized carbons (Fsp3) is 0.407. The molecule has 2 aromatic carbocycles. The molecule has 3 aliphatic rings. The maximum absolute atomic E-state index is 13.4. The highest BCUT2D eigenvalue weighted by Crippen LogP contribution is 2.49. The van der Waals surface area contributed by atoms with E-state index in [1.54, 1.807) is 0 Å². The zero-order chi connectivity index (χ0) is 25.2. The normalized spacial score (nSPS) is 30.6. The van der Waals surface area contributed by atoms with Gasteiger partial charge < -0.3 is 14.9 Å². The molecule has 2 aliphatic carbocycles. The van der Waals surface area contributed by atoms with Gasteiger partial charge in [-0.15, -0.1) is 0 Å². The molecular formula is C27H29N3O6. The van der Waals surface area contributed by atoms with Gasteiger partial charge in [-0.05, 0) is 24.0 Å². The lowest BCUT2D eigenvalue weighted by atomic mass is 9.60. The van der Waals surface area contributed by atoms with Crippen LogP contribution in [0.2, 0.25) is 0 Å². The summed E-state index contributed by atoms with van der Waals surface area (Å²) in [6, 6.07) is 18.5. The predicted octanol–water partition coefficient (Wildman–Crippen LogP) is 2.22. The van der Waals surface area contributed by atoms with E-state index >= 15 is 0 Å². The lowest BCUT2D eigenvalue weighted by Crippen LogP contribution is -2.55. The SMILES string of the molecule is O=C(N/N=C1/C[C@@H](O)[C@@H](O)[C@@H]2[C@@H]3C(=O)N(Cc4ccccc4)C(=O)[C@H]3CC[C@H]12)OCc1ccccc1. The van der Waals surface area contributed by atoms with E-state index in [1.165, 1.54) is 4.90 Å². The van der Waals surface area contributed by atoms with Crippen LogP contribution in [-0.2, 0) is 27.5 Å². The largest absolute Gasteiger partial charge is 0.443 e. The Morgan fingerprint density at radius 2 is 1.58 bits per heavy atom. The van der Waals surface area contributed by atoms with Gasteiger partial charge in [0, 0.05) is 24.0 Å². The third-order valence-corrected chi connectivity index (χ3v) is 7.56. The molecular weight excluding hydrogens is 462 g/mol. The minimum atomic E-state index is -1.17. The Bertz CT molecular complexity index is 1150. The number of nitrogens with zero attached hydrogens (tertiary/aromatic N) is 2. The van der Waals surface area contributed by atoms with Crippen molar-refractivity contribution in [2.24, 2.45) is 28.8 Å². The van der Waals surface area contributed by atoms with Crippen molar-refractivity contribution in [3.63, 3.8) is 0 Å². The van der Waals surface area contributed by atoms with Gasteiger partial charge in [0.2, 0.25) is 11.8 Å². The zero-order valence-electron chi connectivity index (χ0n) is 19.7. The van der Waals surface area contributed by atoms with Crippen molar-refractivity contribution in [2.45, 2.75) is 44.6 Å². The molecule has 0 aromatic heterocycles. The highest BCUT2D eigenvalue weighted by Gasteiger charge is 2.59. The third kappa shape index (κ3) is 4.64. The number of amides is 3. The number of rotatable bonds is 5. The lowest BCUT2D eigenvalue weighted by molar-refractivity contribution is -0.142. The zero-order valence-corrected chi connectivity index (χ0v) is 19.7. The van der Waals surface area contributed by atoms with Gasteiger partial charge in [-0.3, -0.25) is 14.5 Å². The van der Waals surface area contributed by atoms with E-state index in [2.05, 4.69) is 10.5 Å². The molecule has 36 heavy (non-hydrogen) atoms. The monoisotopic (exact) mass is 491 g/mol. The van der Waals surface area contributed by atoms with E-state index in [0.717, 1.165) is 11.1 Å². The Hall–Kier alpha value is -3.56. The first-order chi connectivity index (χ1) is 17.4. The molecule has 2 saturated carbocycles. The average Bonchev–Trinajstić information content (AvgIpc) is 3.14. The number of hydrazone groups is 1. The van der Waals surface area contributed by atoms with E-state index < -0.39 is 36.1 Å². The van der Waals surface area contributed by atoms with Crippen molar-refractivity contribution in [3.05, 3.63) is 71.8 Å². The summed E-state index contributed by atoms with van der Waals surface area (Å²) in [5, 5.41) is 25.7. The first-order valence-corrected chi connectivity index (χ1v) is 12.2. The Labute approximate surface area is 208 Å². The van der Waals surface area contributed by atoms with Crippen LogP contribution in [0.4, 0.5) is 4.79 Å². The van der Waals surface area contributed by atoms with Crippen LogP contribution in [-0.4, -0.2) is 50.9 Å². The van der Waals surface area contributed by atoms with Crippen molar-refractivity contribution >= 4 is 23.6 Å². The predicted molar refractivity (Wildman–Crippen MR) is 129 cm³/mol. The fourth-order valence-electron chi connectivity index (χ4n) is 5.86. The Morgan fingerprint density at radius 3 is 2.28 bits per heavy atom. The van der Waals surface area contributed by atoms with Gasteiger partial charge in [-0.25, -0.2) is 10.2 Å². The number of aliphatic hydroxyl groups excluding tert-OH is 2. The van der Waals surface area contributed by atoms with E-state index in [0.29, 0.717) is 18.6 Å². The molecule has 3 amide bonds. The number of ether oxygens (including phenoxy) is 1. The quantitative estimate of drug-likeness (QED) is 0.435. The van der Waals surface area contributed by atoms with Gasteiger partial charge in [-0.1, -0.05) is 60.7 Å². The molecule has 6 atom stereocenters. The van der Waals surface area contributed by atoms with Crippen molar-refractivity contribution in [1.82, 2.24) is 10.3 Å². The summed E-state index contributed by atoms with van der Waals surface area (Å²) in [7, 11) is 0. The number of fused-ring (bicyclic) bond motifs is 3. The lowest BCUT2D eigenvalue weighted by Gasteiger charge is -2.45. The summed E-state index contributed by atoms with van der Waals surface area (Å²) in [6.07, 6.45) is -2.00. The maximum atomic E-state index is 13.4. The molecule has 9 nitrogen and oxygen atoms in total. The summed E-state index contributed by atoms with van der Waals surface area (Å²) in [6.45, 7) is 0.264. The minimum absolute atomic E-state index is 0.0640. The van der Waals surface area contributed by atoms with Gasteiger partial charge in [0.05, 0.1) is 30.6 Å². The Morgan fingerprint density at radius 1 is 0.944 bits per heavy atom. The first kappa shape index (κ1) is 24.1. The number of benzene rings is 2. The van der Waals surface area contributed by atoms with Crippen LogP contribution in [0.1, 0.15) is 30.4 Å². The van der Waals surface area contributed by atoms with Crippen LogP contribution >= 0.6 is 0 Å². The van der Waals surface area contributed by atoms with Gasteiger partial charge >= 0.3 is 6.09 Å². The summed E-state index contributed by atoms with van der Waals surface area (Å²) in [5.74, 6) is -2.84. The molecule has 0 unspecified atom stereocenters. The molecule has 188 valence electrons. The number of nitrogens with one attached hydrogen (secondary N) is 1. The first-order valence-electron chi connectivity index (χ1n) is 12.2. The Balaban J connectivity index is 1.31. The summed E-state index contributed by atoms with van der Waals surface area (Å²) in [4.78, 5) is 40.1. The van der Waals surface area contributed by atoms with Crippen molar-refractivity contribution in [1.29, 1.82) is 0 Å². The summed E-state index contributed by atoms with van der Waals surface area (Å²) in [5.41, 5.74) is 4.56. The fourth-order valence-corrected chi connectivity index (χ4v) is 5.86. The van der Waals surface area contributed by atoms with Crippen LogP contribution in [0.3, 0.4) is 0 Å². The number of imide groups is 1. The van der Waals surface area contributed by atoms with Gasteiger partial charge in [0.25, 0.3) is 0 Å². The number of hydrogen-bond acceptors (Lipinski definition) is 7. The molecule has 5 rings (SSSR count). The molecule has 3 N–H and O–H groups in total. The molecule has 0 radical (unpaired) electrons. The van der Waals surface area contributed by atoms with Crippen molar-refractivity contribution in [2.75, 3.05) is 0 Å². The minimum Gasteiger partial charge on any atom is -0.443 e. The molecule has 0 bridgehead atoms. The molecule has 3 fully saturated rings. The molecule has 2 aromatic rings. The highest BCUT2D eigenvalue weighted by atomic mass is 16.6.